The molecule has 6 heteroatoms. The van der Waals surface area contributed by atoms with E-state index in [1.807, 2.05) is 31.2 Å². The minimum absolute atomic E-state index is 0.542. The van der Waals surface area contributed by atoms with Gasteiger partial charge in [0.2, 0.25) is 11.7 Å². The van der Waals surface area contributed by atoms with E-state index in [2.05, 4.69) is 32.7 Å². The van der Waals surface area contributed by atoms with Gasteiger partial charge in [0.05, 0.1) is 12.2 Å². The van der Waals surface area contributed by atoms with Crippen LogP contribution in [0.25, 0.3) is 11.4 Å². The van der Waals surface area contributed by atoms with E-state index >= 15 is 0 Å². The maximum Gasteiger partial charge on any atom is 0.240 e. The lowest BCUT2D eigenvalue weighted by Crippen LogP contribution is -2.12. The fourth-order valence-electron chi connectivity index (χ4n) is 2.13. The minimum Gasteiger partial charge on any atom is -0.338 e. The zero-order valence-electron chi connectivity index (χ0n) is 12.7. The SMILES string of the molecule is CCc1csc(CNCc2nc(-c3ccccc3C)no2)n1. The van der Waals surface area contributed by atoms with E-state index < -0.39 is 0 Å². The van der Waals surface area contributed by atoms with Crippen molar-refractivity contribution in [2.24, 2.45) is 0 Å². The molecule has 2 heterocycles. The van der Waals surface area contributed by atoms with Gasteiger partial charge in [0.15, 0.2) is 0 Å². The molecule has 0 spiro atoms. The number of nitrogens with zero attached hydrogens (tertiary/aromatic N) is 3. The molecule has 0 aliphatic carbocycles. The van der Waals surface area contributed by atoms with Gasteiger partial charge >= 0.3 is 0 Å². The van der Waals surface area contributed by atoms with Crippen molar-refractivity contribution in [3.05, 3.63) is 51.8 Å². The lowest BCUT2D eigenvalue weighted by atomic mass is 10.1. The van der Waals surface area contributed by atoms with Gasteiger partial charge in [0.25, 0.3) is 0 Å². The molecule has 1 aromatic carbocycles. The van der Waals surface area contributed by atoms with Crippen LogP contribution < -0.4 is 5.32 Å². The monoisotopic (exact) mass is 314 g/mol. The Kier molecular flexibility index (Phi) is 4.60. The molecule has 5 nitrogen and oxygen atoms in total. The summed E-state index contributed by atoms with van der Waals surface area (Å²) >= 11 is 1.67. The first-order valence-corrected chi connectivity index (χ1v) is 8.17. The first-order chi connectivity index (χ1) is 10.8. The van der Waals surface area contributed by atoms with Crippen molar-refractivity contribution in [1.82, 2.24) is 20.4 Å². The summed E-state index contributed by atoms with van der Waals surface area (Å²) in [4.78, 5) is 8.95. The molecule has 1 N–H and O–H groups in total. The molecule has 0 saturated heterocycles. The number of thiazole rings is 1. The van der Waals surface area contributed by atoms with Gasteiger partial charge in [-0.15, -0.1) is 11.3 Å². The van der Waals surface area contributed by atoms with Crippen LogP contribution >= 0.6 is 11.3 Å². The molecule has 0 atom stereocenters. The summed E-state index contributed by atoms with van der Waals surface area (Å²) in [7, 11) is 0. The van der Waals surface area contributed by atoms with Gasteiger partial charge in [0, 0.05) is 17.5 Å². The van der Waals surface area contributed by atoms with E-state index in [9.17, 15) is 0 Å². The van der Waals surface area contributed by atoms with Crippen molar-refractivity contribution >= 4 is 11.3 Å². The fourth-order valence-corrected chi connectivity index (χ4v) is 2.98. The number of hydrogen-bond acceptors (Lipinski definition) is 6. The summed E-state index contributed by atoms with van der Waals surface area (Å²) in [6.07, 6.45) is 0.972. The number of aromatic nitrogens is 3. The number of aryl methyl sites for hydroxylation is 2. The minimum atomic E-state index is 0.542. The summed E-state index contributed by atoms with van der Waals surface area (Å²) in [6, 6.07) is 8.01. The topological polar surface area (TPSA) is 63.8 Å². The molecule has 0 bridgehead atoms. The predicted molar refractivity (Wildman–Crippen MR) is 86.5 cm³/mol. The van der Waals surface area contributed by atoms with E-state index in [0.717, 1.165) is 28.2 Å². The Balaban J connectivity index is 1.59. The Morgan fingerprint density at radius 3 is 2.82 bits per heavy atom. The molecular weight excluding hydrogens is 296 g/mol. The van der Waals surface area contributed by atoms with E-state index in [1.165, 1.54) is 0 Å². The quantitative estimate of drug-likeness (QED) is 0.756. The van der Waals surface area contributed by atoms with Gasteiger partial charge < -0.3 is 9.84 Å². The molecule has 3 aromatic rings. The number of nitrogens with one attached hydrogen (secondary N) is 1. The van der Waals surface area contributed by atoms with Gasteiger partial charge in [0.1, 0.15) is 5.01 Å². The predicted octanol–water partition coefficient (Wildman–Crippen LogP) is 3.35. The van der Waals surface area contributed by atoms with Crippen LogP contribution in [0.4, 0.5) is 0 Å². The molecule has 0 radical (unpaired) electrons. The largest absolute Gasteiger partial charge is 0.338 e. The van der Waals surface area contributed by atoms with Gasteiger partial charge in [-0.2, -0.15) is 4.98 Å². The third-order valence-corrected chi connectivity index (χ3v) is 4.27. The van der Waals surface area contributed by atoms with E-state index in [-0.39, 0.29) is 0 Å². The number of rotatable bonds is 6. The highest BCUT2D eigenvalue weighted by Gasteiger charge is 2.10. The fraction of sp³-hybridized carbons (Fsp3) is 0.312. The van der Waals surface area contributed by atoms with Crippen molar-refractivity contribution in [2.75, 3.05) is 0 Å². The highest BCUT2D eigenvalue weighted by Crippen LogP contribution is 2.19. The van der Waals surface area contributed by atoms with Crippen molar-refractivity contribution < 1.29 is 4.52 Å². The second-order valence-electron chi connectivity index (χ2n) is 5.02. The summed E-state index contributed by atoms with van der Waals surface area (Å²) in [5, 5.41) is 10.5. The maximum atomic E-state index is 5.30. The molecule has 0 aliphatic heterocycles. The summed E-state index contributed by atoms with van der Waals surface area (Å²) in [6.45, 7) is 5.40. The molecule has 22 heavy (non-hydrogen) atoms. The van der Waals surface area contributed by atoms with Crippen LogP contribution in [0.5, 0.6) is 0 Å². The third-order valence-electron chi connectivity index (χ3n) is 3.37. The maximum absolute atomic E-state index is 5.30. The molecular formula is C16H18N4OS. The molecule has 0 aliphatic rings. The van der Waals surface area contributed by atoms with Gasteiger partial charge in [-0.3, -0.25) is 0 Å². The summed E-state index contributed by atoms with van der Waals surface area (Å²) in [5.41, 5.74) is 3.28. The van der Waals surface area contributed by atoms with Crippen LogP contribution in [0, 0.1) is 6.92 Å². The zero-order chi connectivity index (χ0) is 15.4. The smallest absolute Gasteiger partial charge is 0.240 e. The van der Waals surface area contributed by atoms with Crippen LogP contribution in [-0.4, -0.2) is 15.1 Å². The Bertz CT molecular complexity index is 750. The normalized spacial score (nSPS) is 11.0. The first-order valence-electron chi connectivity index (χ1n) is 7.29. The van der Waals surface area contributed by atoms with E-state index in [4.69, 9.17) is 4.52 Å². The Morgan fingerprint density at radius 2 is 2.05 bits per heavy atom. The number of benzene rings is 1. The first kappa shape index (κ1) is 14.9. The average molecular weight is 314 g/mol. The highest BCUT2D eigenvalue weighted by molar-refractivity contribution is 7.09. The van der Waals surface area contributed by atoms with Gasteiger partial charge in [-0.25, -0.2) is 4.98 Å². The van der Waals surface area contributed by atoms with Gasteiger partial charge in [-0.1, -0.05) is 36.3 Å². The molecule has 0 unspecified atom stereocenters. The Hall–Kier alpha value is -2.05. The van der Waals surface area contributed by atoms with Crippen LogP contribution in [0.3, 0.4) is 0 Å². The molecule has 0 amide bonds. The van der Waals surface area contributed by atoms with Gasteiger partial charge in [-0.05, 0) is 18.9 Å². The Labute approximate surface area is 133 Å². The van der Waals surface area contributed by atoms with Crippen LogP contribution in [0.15, 0.2) is 34.2 Å². The van der Waals surface area contributed by atoms with E-state index in [0.29, 0.717) is 24.8 Å². The summed E-state index contributed by atoms with van der Waals surface area (Å²) in [5.74, 6) is 1.22. The zero-order valence-corrected chi connectivity index (χ0v) is 13.5. The second kappa shape index (κ2) is 6.81. The lowest BCUT2D eigenvalue weighted by Gasteiger charge is -1.98. The molecule has 2 aromatic heterocycles. The molecule has 0 saturated carbocycles. The highest BCUT2D eigenvalue weighted by atomic mass is 32.1. The van der Waals surface area contributed by atoms with E-state index in [1.54, 1.807) is 11.3 Å². The van der Waals surface area contributed by atoms with Crippen molar-refractivity contribution in [2.45, 2.75) is 33.4 Å². The standard InChI is InChI=1S/C16H18N4OS/c1-3-12-10-22-15(18-12)9-17-8-14-19-16(20-21-14)13-7-5-4-6-11(13)2/h4-7,10,17H,3,8-9H2,1-2H3. The molecule has 0 fully saturated rings. The Morgan fingerprint density at radius 1 is 1.18 bits per heavy atom. The number of hydrogen-bond donors (Lipinski definition) is 1. The van der Waals surface area contributed by atoms with Crippen LogP contribution in [-0.2, 0) is 19.5 Å². The van der Waals surface area contributed by atoms with Crippen molar-refractivity contribution in [3.8, 4) is 11.4 Å². The van der Waals surface area contributed by atoms with Crippen LogP contribution in [0.1, 0.15) is 29.1 Å². The van der Waals surface area contributed by atoms with Crippen LogP contribution in [0.2, 0.25) is 0 Å². The lowest BCUT2D eigenvalue weighted by molar-refractivity contribution is 0.367. The molecule has 114 valence electrons. The average Bonchev–Trinajstić information content (AvgIpc) is 3.17. The van der Waals surface area contributed by atoms with Crippen molar-refractivity contribution in [1.29, 1.82) is 0 Å². The second-order valence-corrected chi connectivity index (χ2v) is 5.96. The summed E-state index contributed by atoms with van der Waals surface area (Å²) < 4.78 is 5.30. The third kappa shape index (κ3) is 3.40. The molecule has 3 rings (SSSR count). The van der Waals surface area contributed by atoms with Crippen molar-refractivity contribution in [3.63, 3.8) is 0 Å².